The molecule has 0 unspecified atom stereocenters. The topological polar surface area (TPSA) is 50.1 Å². The van der Waals surface area contributed by atoms with E-state index in [0.717, 1.165) is 34.5 Å². The average Bonchev–Trinajstić information content (AvgIpc) is 2.98. The number of nitrogens with zero attached hydrogens (tertiary/aromatic N) is 2. The van der Waals surface area contributed by atoms with E-state index in [0.29, 0.717) is 24.1 Å². The lowest BCUT2D eigenvalue weighted by Gasteiger charge is -2.28. The number of aromatic nitrogens is 2. The number of Topliss-reactive ketones (excluding diaryl/α,β-unsaturated/α-hetero) is 1. The number of rotatable bonds is 3. The molecule has 2 heterocycles. The average molecular weight is 373 g/mol. The zero-order valence-corrected chi connectivity index (χ0v) is 15.8. The molecular formula is C23H20FN3O. The van der Waals surface area contributed by atoms with Gasteiger partial charge in [0, 0.05) is 47.8 Å². The largest absolute Gasteiger partial charge is 0.359 e. The second kappa shape index (κ2) is 6.72. The fourth-order valence-corrected chi connectivity index (χ4v) is 4.07. The maximum Gasteiger partial charge on any atom is 0.214 e. The molecule has 4 nitrogen and oxygen atoms in total. The minimum Gasteiger partial charge on any atom is -0.359 e. The molecule has 1 aliphatic carbocycles. The fraction of sp³-hybridized carbons (Fsp3) is 0.261. The van der Waals surface area contributed by atoms with Crippen LogP contribution in [0.1, 0.15) is 47.4 Å². The number of carbonyl (C=O) groups is 1. The number of hydrogen-bond donors (Lipinski definition) is 1. The zero-order chi connectivity index (χ0) is 19.9. The van der Waals surface area contributed by atoms with Gasteiger partial charge in [0.1, 0.15) is 5.82 Å². The summed E-state index contributed by atoms with van der Waals surface area (Å²) in [5.41, 5.74) is 5.00. The van der Waals surface area contributed by atoms with Crippen molar-refractivity contribution in [2.24, 2.45) is 5.41 Å². The molecule has 0 aliphatic heterocycles. The van der Waals surface area contributed by atoms with Gasteiger partial charge in [0.25, 0.3) is 0 Å². The van der Waals surface area contributed by atoms with Crippen LogP contribution >= 0.6 is 0 Å². The van der Waals surface area contributed by atoms with E-state index >= 15 is 0 Å². The number of fused-ring (bicyclic) bond motifs is 1. The first-order chi connectivity index (χ1) is 13.4. The number of H-pyrrole nitrogens is 1. The highest BCUT2D eigenvalue weighted by Gasteiger charge is 2.35. The lowest BCUT2D eigenvalue weighted by Crippen LogP contribution is -2.27. The molecule has 0 amide bonds. The van der Waals surface area contributed by atoms with Gasteiger partial charge in [0.2, 0.25) is 5.69 Å². The van der Waals surface area contributed by atoms with Crippen molar-refractivity contribution >= 4 is 11.5 Å². The van der Waals surface area contributed by atoms with Crippen LogP contribution < -0.4 is 0 Å². The summed E-state index contributed by atoms with van der Waals surface area (Å²) in [6.45, 7) is 11.6. The number of pyridine rings is 1. The van der Waals surface area contributed by atoms with E-state index < -0.39 is 0 Å². The number of halogens is 1. The Balaban J connectivity index is 1.93. The van der Waals surface area contributed by atoms with E-state index in [1.54, 1.807) is 18.3 Å². The number of carbonyl (C=O) groups excluding carboxylic acids is 1. The zero-order valence-electron chi connectivity index (χ0n) is 15.8. The number of benzene rings is 1. The SMILES string of the molecule is [C-]#[N+]c1cnccc1-c1[nH]c2c(c1Cc1cccc(F)c1)C(=O)CC(C)(C)C2. The lowest BCUT2D eigenvalue weighted by molar-refractivity contribution is 0.0911. The molecule has 4 rings (SSSR count). The Morgan fingerprint density at radius 1 is 1.29 bits per heavy atom. The van der Waals surface area contributed by atoms with Crippen molar-refractivity contribution in [3.05, 3.63) is 82.3 Å². The molecule has 3 aromatic rings. The molecule has 2 aromatic heterocycles. The van der Waals surface area contributed by atoms with Crippen LogP contribution in [0, 0.1) is 17.8 Å². The molecule has 0 saturated carbocycles. The van der Waals surface area contributed by atoms with Crippen molar-refractivity contribution in [1.29, 1.82) is 0 Å². The van der Waals surface area contributed by atoms with Gasteiger partial charge in [-0.1, -0.05) is 26.0 Å². The van der Waals surface area contributed by atoms with Crippen LogP contribution in [-0.2, 0) is 12.8 Å². The monoisotopic (exact) mass is 373 g/mol. The van der Waals surface area contributed by atoms with Crippen LogP contribution in [0.15, 0.2) is 42.7 Å². The van der Waals surface area contributed by atoms with Gasteiger partial charge in [-0.3, -0.25) is 9.78 Å². The second-order valence-electron chi connectivity index (χ2n) is 8.08. The van der Waals surface area contributed by atoms with Crippen LogP contribution in [0.4, 0.5) is 10.1 Å². The first kappa shape index (κ1) is 18.1. The Labute approximate surface area is 163 Å². The minimum absolute atomic E-state index is 0.0959. The predicted molar refractivity (Wildman–Crippen MR) is 106 cm³/mol. The number of hydrogen-bond acceptors (Lipinski definition) is 2. The summed E-state index contributed by atoms with van der Waals surface area (Å²) < 4.78 is 13.7. The van der Waals surface area contributed by atoms with Gasteiger partial charge < -0.3 is 4.98 Å². The van der Waals surface area contributed by atoms with Crippen LogP contribution in [0.25, 0.3) is 16.1 Å². The molecule has 1 N–H and O–H groups in total. The van der Waals surface area contributed by atoms with Gasteiger partial charge in [-0.25, -0.2) is 9.24 Å². The summed E-state index contributed by atoms with van der Waals surface area (Å²) in [5.74, 6) is -0.208. The summed E-state index contributed by atoms with van der Waals surface area (Å²) in [7, 11) is 0. The fourth-order valence-electron chi connectivity index (χ4n) is 4.07. The van der Waals surface area contributed by atoms with Crippen molar-refractivity contribution in [1.82, 2.24) is 9.97 Å². The van der Waals surface area contributed by atoms with Crippen LogP contribution in [0.2, 0.25) is 0 Å². The highest BCUT2D eigenvalue weighted by atomic mass is 19.1. The summed E-state index contributed by atoms with van der Waals surface area (Å²) in [6.07, 6.45) is 4.81. The highest BCUT2D eigenvalue weighted by molar-refractivity contribution is 6.02. The first-order valence-corrected chi connectivity index (χ1v) is 9.21. The Morgan fingerprint density at radius 3 is 2.86 bits per heavy atom. The smallest absolute Gasteiger partial charge is 0.214 e. The minimum atomic E-state index is -0.304. The van der Waals surface area contributed by atoms with Crippen LogP contribution in [0.5, 0.6) is 0 Å². The third-order valence-electron chi connectivity index (χ3n) is 5.21. The third kappa shape index (κ3) is 3.22. The van der Waals surface area contributed by atoms with E-state index in [2.05, 4.69) is 28.7 Å². The molecule has 0 fully saturated rings. The van der Waals surface area contributed by atoms with E-state index in [9.17, 15) is 9.18 Å². The molecule has 0 atom stereocenters. The van der Waals surface area contributed by atoms with Gasteiger partial charge in [0.15, 0.2) is 5.78 Å². The Hall–Kier alpha value is -3.26. The highest BCUT2D eigenvalue weighted by Crippen LogP contribution is 2.42. The van der Waals surface area contributed by atoms with Gasteiger partial charge in [-0.15, -0.1) is 0 Å². The third-order valence-corrected chi connectivity index (χ3v) is 5.21. The summed E-state index contributed by atoms with van der Waals surface area (Å²) >= 11 is 0. The molecule has 0 bridgehead atoms. The lowest BCUT2D eigenvalue weighted by atomic mass is 9.75. The molecule has 1 aromatic carbocycles. The molecule has 28 heavy (non-hydrogen) atoms. The quantitative estimate of drug-likeness (QED) is 0.615. The molecule has 0 spiro atoms. The normalized spacial score (nSPS) is 15.1. The van der Waals surface area contributed by atoms with Crippen molar-refractivity contribution in [3.8, 4) is 11.3 Å². The van der Waals surface area contributed by atoms with E-state index in [4.69, 9.17) is 6.57 Å². The maximum atomic E-state index is 13.7. The predicted octanol–water partition coefficient (Wildman–Crippen LogP) is 5.51. The molecule has 5 heteroatoms. The van der Waals surface area contributed by atoms with Gasteiger partial charge in [-0.2, -0.15) is 0 Å². The molecule has 140 valence electrons. The van der Waals surface area contributed by atoms with Crippen LogP contribution in [0.3, 0.4) is 0 Å². The standard InChI is InChI=1S/C23H20FN3O/c1-23(2)11-18-21(20(28)12-23)17(10-14-5-4-6-15(24)9-14)22(27-18)16-7-8-26-13-19(16)25-3/h4-9,13,27H,10-12H2,1-2H3. The molecule has 0 saturated heterocycles. The van der Waals surface area contributed by atoms with Gasteiger partial charge >= 0.3 is 0 Å². The molecular weight excluding hydrogens is 353 g/mol. The molecule has 0 radical (unpaired) electrons. The van der Waals surface area contributed by atoms with Crippen molar-refractivity contribution in [2.75, 3.05) is 0 Å². The first-order valence-electron chi connectivity index (χ1n) is 9.21. The summed E-state index contributed by atoms with van der Waals surface area (Å²) in [5, 5.41) is 0. The second-order valence-corrected chi connectivity index (χ2v) is 8.08. The maximum absolute atomic E-state index is 13.7. The molecule has 1 aliphatic rings. The Kier molecular flexibility index (Phi) is 4.35. The van der Waals surface area contributed by atoms with Crippen LogP contribution in [-0.4, -0.2) is 15.8 Å². The van der Waals surface area contributed by atoms with Gasteiger partial charge in [-0.05, 0) is 41.2 Å². The van der Waals surface area contributed by atoms with E-state index in [1.807, 2.05) is 6.07 Å². The Morgan fingerprint density at radius 2 is 2.11 bits per heavy atom. The number of nitrogens with one attached hydrogen (secondary N) is 1. The van der Waals surface area contributed by atoms with Crippen molar-refractivity contribution < 1.29 is 9.18 Å². The van der Waals surface area contributed by atoms with Crippen molar-refractivity contribution in [3.63, 3.8) is 0 Å². The van der Waals surface area contributed by atoms with Gasteiger partial charge in [0.05, 0.1) is 6.57 Å². The Bertz CT molecular complexity index is 1120. The number of ketones is 1. The summed E-state index contributed by atoms with van der Waals surface area (Å²) in [6, 6.07) is 8.21. The van der Waals surface area contributed by atoms with E-state index in [-0.39, 0.29) is 17.0 Å². The summed E-state index contributed by atoms with van der Waals surface area (Å²) in [4.78, 5) is 24.1. The van der Waals surface area contributed by atoms with E-state index in [1.165, 1.54) is 18.3 Å². The van der Waals surface area contributed by atoms with Crippen molar-refractivity contribution in [2.45, 2.75) is 33.1 Å². The number of aromatic amines is 1.